The van der Waals surface area contributed by atoms with Crippen molar-refractivity contribution in [3.63, 3.8) is 0 Å². The molecule has 2 rings (SSSR count). The second kappa shape index (κ2) is 1.74. The Labute approximate surface area is 60.7 Å². The number of sulfone groups is 1. The molecule has 2 heterocycles. The lowest BCUT2D eigenvalue weighted by molar-refractivity contribution is 0.374. The predicted molar refractivity (Wildman–Crippen MR) is 38.3 cm³/mol. The topological polar surface area (TPSA) is 46.2 Å². The maximum atomic E-state index is 11.3. The summed E-state index contributed by atoms with van der Waals surface area (Å²) >= 11 is 0. The molecular weight excluding hydrogens is 150 g/mol. The maximum Gasteiger partial charge on any atom is 0.158 e. The van der Waals surface area contributed by atoms with Crippen molar-refractivity contribution in [3.05, 3.63) is 6.42 Å². The van der Waals surface area contributed by atoms with Crippen molar-refractivity contribution in [2.45, 2.75) is 11.2 Å². The molecule has 2 saturated heterocycles. The largest absolute Gasteiger partial charge is 0.313 e. The lowest BCUT2D eigenvalue weighted by atomic mass is 9.97. The Balaban J connectivity index is 2.37. The zero-order chi connectivity index (χ0) is 7.24. The summed E-state index contributed by atoms with van der Waals surface area (Å²) < 4.78 is 22.2. The fourth-order valence-electron chi connectivity index (χ4n) is 1.55. The summed E-state index contributed by atoms with van der Waals surface area (Å²) in [6, 6.07) is 0. The van der Waals surface area contributed by atoms with E-state index in [1.165, 1.54) is 0 Å². The van der Waals surface area contributed by atoms with Crippen LogP contribution in [0.3, 0.4) is 0 Å². The molecule has 4 heteroatoms. The van der Waals surface area contributed by atoms with Crippen LogP contribution >= 0.6 is 0 Å². The van der Waals surface area contributed by atoms with Crippen LogP contribution < -0.4 is 5.32 Å². The lowest BCUT2D eigenvalue weighted by Gasteiger charge is -2.37. The van der Waals surface area contributed by atoms with E-state index < -0.39 is 9.84 Å². The van der Waals surface area contributed by atoms with E-state index in [0.717, 1.165) is 6.42 Å². The molecule has 0 saturated carbocycles. The Morgan fingerprint density at radius 3 is 2.30 bits per heavy atom. The Bertz CT molecular complexity index is 240. The van der Waals surface area contributed by atoms with E-state index in [4.69, 9.17) is 0 Å². The van der Waals surface area contributed by atoms with Gasteiger partial charge in [-0.25, -0.2) is 8.42 Å². The van der Waals surface area contributed by atoms with Crippen LogP contribution in [0.1, 0.15) is 6.42 Å². The first-order valence-electron chi connectivity index (χ1n) is 3.41. The summed E-state index contributed by atoms with van der Waals surface area (Å²) in [5, 5.41) is 3.00. The molecule has 2 aliphatic heterocycles. The van der Waals surface area contributed by atoms with Crippen LogP contribution in [0.2, 0.25) is 0 Å². The Morgan fingerprint density at radius 2 is 2.10 bits per heavy atom. The SMILES string of the molecule is O=S1(=O)C[CH]CC12CNC2. The fraction of sp³-hybridized carbons (Fsp3) is 0.833. The molecule has 1 spiro atoms. The Morgan fingerprint density at radius 1 is 1.40 bits per heavy atom. The van der Waals surface area contributed by atoms with Crippen LogP contribution in [-0.4, -0.2) is 32.0 Å². The number of hydrogen-bond acceptors (Lipinski definition) is 3. The molecule has 0 unspecified atom stereocenters. The minimum atomic E-state index is -2.77. The van der Waals surface area contributed by atoms with E-state index in [-0.39, 0.29) is 10.5 Å². The first kappa shape index (κ1) is 6.61. The van der Waals surface area contributed by atoms with E-state index in [2.05, 4.69) is 5.32 Å². The molecule has 0 aliphatic carbocycles. The van der Waals surface area contributed by atoms with Crippen molar-refractivity contribution in [3.8, 4) is 0 Å². The molecule has 0 aromatic carbocycles. The molecule has 0 aromatic rings. The van der Waals surface area contributed by atoms with Crippen LogP contribution in [-0.2, 0) is 9.84 Å². The zero-order valence-electron chi connectivity index (χ0n) is 5.63. The minimum absolute atomic E-state index is 0.286. The van der Waals surface area contributed by atoms with Crippen LogP contribution in [0.4, 0.5) is 0 Å². The normalized spacial score (nSPS) is 34.0. The van der Waals surface area contributed by atoms with Crippen LogP contribution in [0.5, 0.6) is 0 Å². The second-order valence-electron chi connectivity index (χ2n) is 3.06. The number of nitrogens with one attached hydrogen (secondary N) is 1. The minimum Gasteiger partial charge on any atom is -0.313 e. The second-order valence-corrected chi connectivity index (χ2v) is 5.49. The van der Waals surface area contributed by atoms with Gasteiger partial charge in [-0.2, -0.15) is 0 Å². The summed E-state index contributed by atoms with van der Waals surface area (Å²) in [5.74, 6) is 0.286. The van der Waals surface area contributed by atoms with E-state index in [1.54, 1.807) is 0 Å². The molecule has 0 aromatic heterocycles. The van der Waals surface area contributed by atoms with Gasteiger partial charge in [0.15, 0.2) is 9.84 Å². The molecule has 0 atom stereocenters. The van der Waals surface area contributed by atoms with Crippen molar-refractivity contribution >= 4 is 9.84 Å². The molecule has 3 nitrogen and oxygen atoms in total. The highest BCUT2D eigenvalue weighted by Gasteiger charge is 2.51. The average Bonchev–Trinajstić information content (AvgIpc) is 2.02. The highest BCUT2D eigenvalue weighted by atomic mass is 32.2. The van der Waals surface area contributed by atoms with Crippen molar-refractivity contribution in [1.82, 2.24) is 5.32 Å². The van der Waals surface area contributed by atoms with E-state index in [1.807, 2.05) is 6.42 Å². The quantitative estimate of drug-likeness (QED) is 0.512. The van der Waals surface area contributed by atoms with Crippen molar-refractivity contribution in [2.24, 2.45) is 0 Å². The molecular formula is C6H10NO2S. The summed E-state index contributed by atoms with van der Waals surface area (Å²) in [4.78, 5) is 0. The summed E-state index contributed by atoms with van der Waals surface area (Å²) in [6.07, 6.45) is 2.62. The monoisotopic (exact) mass is 160 g/mol. The van der Waals surface area contributed by atoms with Crippen molar-refractivity contribution < 1.29 is 8.42 Å². The van der Waals surface area contributed by atoms with Gasteiger partial charge in [-0.1, -0.05) is 0 Å². The molecule has 1 radical (unpaired) electrons. The van der Waals surface area contributed by atoms with Crippen LogP contribution in [0.25, 0.3) is 0 Å². The third-order valence-corrected chi connectivity index (χ3v) is 4.86. The molecule has 10 heavy (non-hydrogen) atoms. The zero-order valence-corrected chi connectivity index (χ0v) is 6.45. The summed E-state index contributed by atoms with van der Waals surface area (Å²) in [5.41, 5.74) is 0. The van der Waals surface area contributed by atoms with Gasteiger partial charge in [-0.05, 0) is 12.8 Å². The van der Waals surface area contributed by atoms with Gasteiger partial charge in [-0.3, -0.25) is 0 Å². The molecule has 0 bridgehead atoms. The van der Waals surface area contributed by atoms with Gasteiger partial charge < -0.3 is 5.32 Å². The third-order valence-electron chi connectivity index (χ3n) is 2.41. The van der Waals surface area contributed by atoms with Gasteiger partial charge in [0, 0.05) is 13.1 Å². The first-order chi connectivity index (χ1) is 4.66. The Kier molecular flexibility index (Phi) is 1.15. The lowest BCUT2D eigenvalue weighted by Crippen LogP contribution is -2.61. The van der Waals surface area contributed by atoms with Gasteiger partial charge in [0.25, 0.3) is 0 Å². The standard InChI is InChI=1S/C6H10NO2S/c8-10(9)3-1-2-6(10)4-7-5-6/h1,7H,2-5H2. The van der Waals surface area contributed by atoms with Gasteiger partial charge in [0.2, 0.25) is 0 Å². The molecule has 0 amide bonds. The third kappa shape index (κ3) is 0.609. The van der Waals surface area contributed by atoms with E-state index in [9.17, 15) is 8.42 Å². The maximum absolute atomic E-state index is 11.3. The van der Waals surface area contributed by atoms with Gasteiger partial charge in [0.1, 0.15) is 0 Å². The van der Waals surface area contributed by atoms with E-state index >= 15 is 0 Å². The summed E-state index contributed by atoms with van der Waals surface area (Å²) in [7, 11) is -2.77. The predicted octanol–water partition coefficient (Wildman–Crippen LogP) is -0.649. The highest BCUT2D eigenvalue weighted by Crippen LogP contribution is 2.34. The van der Waals surface area contributed by atoms with Gasteiger partial charge in [-0.15, -0.1) is 0 Å². The van der Waals surface area contributed by atoms with Crippen molar-refractivity contribution in [1.29, 1.82) is 0 Å². The smallest absolute Gasteiger partial charge is 0.158 e. The molecule has 2 aliphatic rings. The molecule has 2 fully saturated rings. The van der Waals surface area contributed by atoms with Crippen molar-refractivity contribution in [2.75, 3.05) is 18.8 Å². The van der Waals surface area contributed by atoms with E-state index in [0.29, 0.717) is 13.1 Å². The number of rotatable bonds is 0. The first-order valence-corrected chi connectivity index (χ1v) is 5.06. The molecule has 57 valence electrons. The van der Waals surface area contributed by atoms with Gasteiger partial charge in [0.05, 0.1) is 10.5 Å². The molecule has 1 N–H and O–H groups in total. The fourth-order valence-corrected chi connectivity index (χ4v) is 3.35. The summed E-state index contributed by atoms with van der Waals surface area (Å²) in [6.45, 7) is 1.32. The van der Waals surface area contributed by atoms with Crippen LogP contribution in [0, 0.1) is 6.42 Å². The highest BCUT2D eigenvalue weighted by molar-refractivity contribution is 7.93. The van der Waals surface area contributed by atoms with Gasteiger partial charge >= 0.3 is 0 Å². The van der Waals surface area contributed by atoms with Crippen LogP contribution in [0.15, 0.2) is 0 Å². The Hall–Kier alpha value is -0.0900. The number of hydrogen-bond donors (Lipinski definition) is 1. The average molecular weight is 160 g/mol.